The van der Waals surface area contributed by atoms with Gasteiger partial charge < -0.3 is 20.5 Å². The number of aromatic nitrogens is 1. The summed E-state index contributed by atoms with van der Waals surface area (Å²) in [7, 11) is 0. The number of ether oxygens (including phenoxy) is 2. The Morgan fingerprint density at radius 2 is 2.03 bits per heavy atom. The van der Waals surface area contributed by atoms with E-state index >= 15 is 0 Å². The first kappa shape index (κ1) is 21.3. The first-order valence-corrected chi connectivity index (χ1v) is 10.2. The number of allylic oxidation sites excluding steroid dienone is 2. The standard InChI is InChI=1S/C25H24N4O3/c1-16(6-11-22-17(2)14-31-15-32-22)23-24(20-5-3-4-12-27-20)28-13-21(29-23)18-7-9-19(10-8-18)25(26)30/h3-12,28H,1,13-15H2,2H3,(H2,26,30)/b11-6-. The van der Waals surface area contributed by atoms with Gasteiger partial charge in [-0.15, -0.1) is 0 Å². The molecule has 0 saturated carbocycles. The predicted molar refractivity (Wildman–Crippen MR) is 124 cm³/mol. The molecule has 2 aliphatic rings. The van der Waals surface area contributed by atoms with Crippen molar-refractivity contribution >= 4 is 17.3 Å². The molecule has 0 spiro atoms. The van der Waals surface area contributed by atoms with Crippen LogP contribution in [0.15, 0.2) is 95.0 Å². The Balaban J connectivity index is 1.71. The molecule has 0 fully saturated rings. The van der Waals surface area contributed by atoms with E-state index in [9.17, 15) is 4.79 Å². The Bertz CT molecular complexity index is 1160. The second-order valence-corrected chi connectivity index (χ2v) is 7.41. The molecule has 3 heterocycles. The first-order valence-electron chi connectivity index (χ1n) is 10.2. The normalized spacial score (nSPS) is 16.5. The fraction of sp³-hybridized carbons (Fsp3) is 0.160. The predicted octanol–water partition coefficient (Wildman–Crippen LogP) is 3.33. The topological polar surface area (TPSA) is 98.8 Å². The Morgan fingerprint density at radius 1 is 1.22 bits per heavy atom. The monoisotopic (exact) mass is 428 g/mol. The molecular formula is C25H24N4O3. The van der Waals surface area contributed by atoms with Crippen LogP contribution in [0.25, 0.3) is 5.70 Å². The van der Waals surface area contributed by atoms with Crippen LogP contribution < -0.4 is 11.1 Å². The minimum atomic E-state index is -0.461. The van der Waals surface area contributed by atoms with Crippen LogP contribution in [-0.4, -0.2) is 36.5 Å². The van der Waals surface area contributed by atoms with Crippen LogP contribution in [0.1, 0.15) is 28.5 Å². The van der Waals surface area contributed by atoms with Crippen molar-refractivity contribution < 1.29 is 14.3 Å². The number of pyridine rings is 1. The van der Waals surface area contributed by atoms with Crippen molar-refractivity contribution in [2.75, 3.05) is 19.9 Å². The van der Waals surface area contributed by atoms with Crippen LogP contribution in [0.2, 0.25) is 0 Å². The van der Waals surface area contributed by atoms with Gasteiger partial charge in [-0.1, -0.05) is 24.8 Å². The Kier molecular flexibility index (Phi) is 6.28. The van der Waals surface area contributed by atoms with E-state index in [0.717, 1.165) is 34.0 Å². The summed E-state index contributed by atoms with van der Waals surface area (Å²) in [6, 6.07) is 12.8. The number of hydrogen-bond donors (Lipinski definition) is 2. The summed E-state index contributed by atoms with van der Waals surface area (Å²) in [4.78, 5) is 20.8. The Labute approximate surface area is 186 Å². The van der Waals surface area contributed by atoms with Crippen LogP contribution in [0.3, 0.4) is 0 Å². The van der Waals surface area contributed by atoms with Gasteiger partial charge in [-0.3, -0.25) is 9.78 Å². The summed E-state index contributed by atoms with van der Waals surface area (Å²) in [5.74, 6) is 0.309. The maximum absolute atomic E-state index is 11.4. The van der Waals surface area contributed by atoms with E-state index in [1.54, 1.807) is 18.3 Å². The minimum absolute atomic E-state index is 0.233. The van der Waals surface area contributed by atoms with Gasteiger partial charge >= 0.3 is 0 Å². The Hall–Kier alpha value is -3.97. The SMILES string of the molecule is C=C(/C=C\C1=C(C)COCO1)C1=C(c2ccccn2)NCC(c2ccc(C(N)=O)cc2)=N1. The van der Waals surface area contributed by atoms with Gasteiger partial charge in [0.2, 0.25) is 5.91 Å². The number of nitrogens with one attached hydrogen (secondary N) is 1. The van der Waals surface area contributed by atoms with Crippen molar-refractivity contribution in [3.8, 4) is 0 Å². The van der Waals surface area contributed by atoms with Crippen LogP contribution >= 0.6 is 0 Å². The highest BCUT2D eigenvalue weighted by Gasteiger charge is 2.20. The zero-order chi connectivity index (χ0) is 22.5. The summed E-state index contributed by atoms with van der Waals surface area (Å²) in [6.07, 6.45) is 5.51. The summed E-state index contributed by atoms with van der Waals surface area (Å²) in [5.41, 5.74) is 11.5. The summed E-state index contributed by atoms with van der Waals surface area (Å²) in [6.45, 7) is 7.49. The molecular weight excluding hydrogens is 404 g/mol. The van der Waals surface area contributed by atoms with Crippen molar-refractivity contribution in [1.82, 2.24) is 10.3 Å². The highest BCUT2D eigenvalue weighted by molar-refractivity contribution is 6.06. The van der Waals surface area contributed by atoms with Gasteiger partial charge in [-0.2, -0.15) is 0 Å². The summed E-state index contributed by atoms with van der Waals surface area (Å²) >= 11 is 0. The molecule has 7 nitrogen and oxygen atoms in total. The Morgan fingerprint density at radius 3 is 2.72 bits per heavy atom. The number of benzene rings is 1. The van der Waals surface area contributed by atoms with Gasteiger partial charge in [0.15, 0.2) is 6.79 Å². The van der Waals surface area contributed by atoms with Gasteiger partial charge in [0.25, 0.3) is 0 Å². The number of hydrogen-bond acceptors (Lipinski definition) is 6. The molecule has 0 aliphatic carbocycles. The molecule has 7 heteroatoms. The molecule has 0 atom stereocenters. The highest BCUT2D eigenvalue weighted by Crippen LogP contribution is 2.26. The van der Waals surface area contributed by atoms with Gasteiger partial charge in [0.1, 0.15) is 5.76 Å². The lowest BCUT2D eigenvalue weighted by molar-refractivity contribution is -0.0309. The fourth-order valence-electron chi connectivity index (χ4n) is 3.37. The van der Waals surface area contributed by atoms with Gasteiger partial charge in [0, 0.05) is 11.8 Å². The minimum Gasteiger partial charge on any atom is -0.468 e. The third kappa shape index (κ3) is 4.68. The lowest BCUT2D eigenvalue weighted by Crippen LogP contribution is -2.28. The fourth-order valence-corrected chi connectivity index (χ4v) is 3.37. The number of amides is 1. The van der Waals surface area contributed by atoms with Gasteiger partial charge in [-0.25, -0.2) is 4.99 Å². The number of nitrogens with two attached hydrogens (primary N) is 1. The zero-order valence-electron chi connectivity index (χ0n) is 17.8. The molecule has 2 aliphatic heterocycles. The average Bonchev–Trinajstić information content (AvgIpc) is 2.83. The molecule has 0 bridgehead atoms. The molecule has 3 N–H and O–H groups in total. The van der Waals surface area contributed by atoms with E-state index in [2.05, 4.69) is 16.9 Å². The number of primary amides is 1. The zero-order valence-corrected chi connectivity index (χ0v) is 17.8. The van der Waals surface area contributed by atoms with Crippen LogP contribution in [0.4, 0.5) is 0 Å². The van der Waals surface area contributed by atoms with Crippen molar-refractivity contribution in [3.05, 3.63) is 107 Å². The lowest BCUT2D eigenvalue weighted by atomic mass is 10.0. The van der Waals surface area contributed by atoms with Gasteiger partial charge in [-0.05, 0) is 60.1 Å². The largest absolute Gasteiger partial charge is 0.468 e. The van der Waals surface area contributed by atoms with E-state index in [-0.39, 0.29) is 6.79 Å². The molecule has 4 rings (SSSR count). The van der Waals surface area contributed by atoms with Crippen LogP contribution in [-0.2, 0) is 9.47 Å². The average molecular weight is 428 g/mol. The molecule has 1 aromatic carbocycles. The van der Waals surface area contributed by atoms with Crippen molar-refractivity contribution in [2.45, 2.75) is 6.92 Å². The van der Waals surface area contributed by atoms with E-state index in [1.807, 2.05) is 49.4 Å². The molecule has 0 saturated heterocycles. The van der Waals surface area contributed by atoms with Crippen molar-refractivity contribution in [2.24, 2.45) is 10.7 Å². The van der Waals surface area contributed by atoms with E-state index in [4.69, 9.17) is 20.2 Å². The van der Waals surface area contributed by atoms with Gasteiger partial charge in [0.05, 0.1) is 36.0 Å². The molecule has 1 aromatic heterocycles. The quantitative estimate of drug-likeness (QED) is 0.688. The summed E-state index contributed by atoms with van der Waals surface area (Å²) in [5, 5.41) is 3.44. The third-order valence-electron chi connectivity index (χ3n) is 5.12. The molecule has 32 heavy (non-hydrogen) atoms. The number of nitrogens with zero attached hydrogens (tertiary/aromatic N) is 2. The molecule has 2 aromatic rings. The lowest BCUT2D eigenvalue weighted by Gasteiger charge is -2.22. The third-order valence-corrected chi connectivity index (χ3v) is 5.12. The van der Waals surface area contributed by atoms with Crippen molar-refractivity contribution in [1.29, 1.82) is 0 Å². The molecule has 162 valence electrons. The molecule has 0 unspecified atom stereocenters. The maximum atomic E-state index is 11.4. The van der Waals surface area contributed by atoms with Crippen LogP contribution in [0.5, 0.6) is 0 Å². The molecule has 0 radical (unpaired) electrons. The second kappa shape index (κ2) is 9.45. The maximum Gasteiger partial charge on any atom is 0.248 e. The highest BCUT2D eigenvalue weighted by atomic mass is 16.7. The smallest absolute Gasteiger partial charge is 0.248 e. The second-order valence-electron chi connectivity index (χ2n) is 7.41. The van der Waals surface area contributed by atoms with E-state index in [0.29, 0.717) is 30.0 Å². The number of rotatable bonds is 6. The number of carbonyl (C=O) groups is 1. The van der Waals surface area contributed by atoms with Crippen molar-refractivity contribution in [3.63, 3.8) is 0 Å². The summed E-state index contributed by atoms with van der Waals surface area (Å²) < 4.78 is 10.9. The van der Waals surface area contributed by atoms with E-state index in [1.165, 1.54) is 0 Å². The molecule has 1 amide bonds. The van der Waals surface area contributed by atoms with Crippen LogP contribution in [0, 0.1) is 0 Å². The first-order chi connectivity index (χ1) is 15.5. The number of carbonyl (C=O) groups excluding carboxylic acids is 1. The number of aliphatic imine (C=N–C) groups is 1. The van der Waals surface area contributed by atoms with E-state index < -0.39 is 5.91 Å².